The minimum atomic E-state index is 0.361. The van der Waals surface area contributed by atoms with Gasteiger partial charge in [-0.15, -0.1) is 0 Å². The molecule has 1 rings (SSSR count). The van der Waals surface area contributed by atoms with Crippen molar-refractivity contribution in [1.29, 1.82) is 0 Å². The molecule has 0 N–H and O–H groups in total. The first-order chi connectivity index (χ1) is 7.34. The van der Waals surface area contributed by atoms with Crippen molar-refractivity contribution in [2.75, 3.05) is 5.33 Å². The zero-order valence-electron chi connectivity index (χ0n) is 11.1. The molecule has 1 heteroatoms. The topological polar surface area (TPSA) is 0 Å². The van der Waals surface area contributed by atoms with Gasteiger partial charge in [0.15, 0.2) is 0 Å². The van der Waals surface area contributed by atoms with Crippen LogP contribution in [0.2, 0.25) is 0 Å². The quantitative estimate of drug-likeness (QED) is 0.692. The van der Waals surface area contributed by atoms with Gasteiger partial charge in [0.25, 0.3) is 0 Å². The van der Waals surface area contributed by atoms with E-state index in [0.29, 0.717) is 11.3 Å². The summed E-state index contributed by atoms with van der Waals surface area (Å²) in [6.45, 7) is 11.4. The van der Waals surface area contributed by atoms with Crippen LogP contribution in [0.25, 0.3) is 0 Å². The summed E-state index contributed by atoms with van der Waals surface area (Å²) in [5.74, 6) is 0.688. The third-order valence-corrected chi connectivity index (χ3v) is 4.16. The molecule has 0 aliphatic heterocycles. The molecule has 0 bridgehead atoms. The zero-order valence-corrected chi connectivity index (χ0v) is 12.7. The second-order valence-electron chi connectivity index (χ2n) is 5.85. The monoisotopic (exact) mass is 282 g/mol. The van der Waals surface area contributed by atoms with E-state index in [0.717, 1.165) is 5.33 Å². The Morgan fingerprint density at radius 3 is 2.31 bits per heavy atom. The van der Waals surface area contributed by atoms with E-state index >= 15 is 0 Å². The van der Waals surface area contributed by atoms with E-state index in [-0.39, 0.29) is 0 Å². The fourth-order valence-corrected chi connectivity index (χ4v) is 3.08. The third kappa shape index (κ3) is 3.62. The maximum absolute atomic E-state index is 3.65. The first-order valence-electron chi connectivity index (χ1n) is 5.96. The van der Waals surface area contributed by atoms with Crippen LogP contribution in [0.5, 0.6) is 0 Å². The molecule has 0 saturated carbocycles. The predicted octanol–water partition coefficient (Wildman–Crippen LogP) is 4.90. The maximum atomic E-state index is 3.65. The summed E-state index contributed by atoms with van der Waals surface area (Å²) in [4.78, 5) is 0. The van der Waals surface area contributed by atoms with Crippen LogP contribution in [-0.2, 0) is 6.42 Å². The molecule has 16 heavy (non-hydrogen) atoms. The van der Waals surface area contributed by atoms with E-state index < -0.39 is 0 Å². The summed E-state index contributed by atoms with van der Waals surface area (Å²) in [6, 6.07) is 6.76. The van der Waals surface area contributed by atoms with Gasteiger partial charge in [-0.25, -0.2) is 0 Å². The standard InChI is InChI=1S/C15H23Br/c1-11-6-7-12(2)13(8-11)9-14(10-16)15(3,4)5/h6-8,14H,9-10H2,1-5H3. The minimum Gasteiger partial charge on any atom is -0.0925 e. The maximum Gasteiger partial charge on any atom is 0.00678 e. The number of alkyl halides is 1. The Morgan fingerprint density at radius 1 is 1.19 bits per heavy atom. The molecule has 0 fully saturated rings. The number of hydrogen-bond acceptors (Lipinski definition) is 0. The molecule has 1 aromatic rings. The molecule has 0 aliphatic rings. The second-order valence-corrected chi connectivity index (χ2v) is 6.50. The average Bonchev–Trinajstić information content (AvgIpc) is 2.17. The van der Waals surface area contributed by atoms with E-state index in [2.05, 4.69) is 68.7 Å². The molecule has 1 unspecified atom stereocenters. The molecule has 0 saturated heterocycles. The lowest BCUT2D eigenvalue weighted by atomic mass is 9.78. The van der Waals surface area contributed by atoms with Crippen molar-refractivity contribution in [3.63, 3.8) is 0 Å². The fraction of sp³-hybridized carbons (Fsp3) is 0.600. The van der Waals surface area contributed by atoms with Crippen LogP contribution in [0.1, 0.15) is 37.5 Å². The Bertz CT molecular complexity index is 347. The molecule has 0 amide bonds. The predicted molar refractivity (Wildman–Crippen MR) is 76.4 cm³/mol. The summed E-state index contributed by atoms with van der Waals surface area (Å²) in [6.07, 6.45) is 1.17. The highest BCUT2D eigenvalue weighted by atomic mass is 79.9. The smallest absolute Gasteiger partial charge is 0.00678 e. The first kappa shape index (κ1) is 13.8. The van der Waals surface area contributed by atoms with Crippen molar-refractivity contribution in [1.82, 2.24) is 0 Å². The second kappa shape index (κ2) is 5.35. The molecule has 1 aromatic carbocycles. The normalized spacial score (nSPS) is 13.9. The minimum absolute atomic E-state index is 0.361. The number of benzene rings is 1. The van der Waals surface area contributed by atoms with Crippen LogP contribution in [0, 0.1) is 25.2 Å². The zero-order chi connectivity index (χ0) is 12.3. The van der Waals surface area contributed by atoms with Gasteiger partial charge in [-0.05, 0) is 42.7 Å². The number of rotatable bonds is 3. The highest BCUT2D eigenvalue weighted by Gasteiger charge is 2.24. The largest absolute Gasteiger partial charge is 0.0925 e. The van der Waals surface area contributed by atoms with Gasteiger partial charge in [0, 0.05) is 5.33 Å². The summed E-state index contributed by atoms with van der Waals surface area (Å²) < 4.78 is 0. The van der Waals surface area contributed by atoms with Crippen LogP contribution in [-0.4, -0.2) is 5.33 Å². The molecule has 0 heterocycles. The van der Waals surface area contributed by atoms with E-state index in [1.165, 1.54) is 23.1 Å². The van der Waals surface area contributed by atoms with Crippen molar-refractivity contribution >= 4 is 15.9 Å². The van der Waals surface area contributed by atoms with Crippen LogP contribution in [0.3, 0.4) is 0 Å². The van der Waals surface area contributed by atoms with Crippen LogP contribution in [0.4, 0.5) is 0 Å². The highest BCUT2D eigenvalue weighted by Crippen LogP contribution is 2.31. The van der Waals surface area contributed by atoms with Gasteiger partial charge >= 0.3 is 0 Å². The van der Waals surface area contributed by atoms with Crippen molar-refractivity contribution in [2.45, 2.75) is 41.0 Å². The van der Waals surface area contributed by atoms with Crippen LogP contribution >= 0.6 is 15.9 Å². The SMILES string of the molecule is Cc1ccc(C)c(CC(CBr)C(C)(C)C)c1. The number of halogens is 1. The summed E-state index contributed by atoms with van der Waals surface area (Å²) in [5.41, 5.74) is 4.64. The first-order valence-corrected chi connectivity index (χ1v) is 7.09. The van der Waals surface area contributed by atoms with E-state index in [9.17, 15) is 0 Å². The summed E-state index contributed by atoms with van der Waals surface area (Å²) in [7, 11) is 0. The molecule has 90 valence electrons. The Balaban J connectivity index is 2.90. The Morgan fingerprint density at radius 2 is 1.81 bits per heavy atom. The van der Waals surface area contributed by atoms with Gasteiger partial charge in [0.1, 0.15) is 0 Å². The van der Waals surface area contributed by atoms with Crippen molar-refractivity contribution in [3.8, 4) is 0 Å². The van der Waals surface area contributed by atoms with Crippen molar-refractivity contribution in [2.24, 2.45) is 11.3 Å². The average molecular weight is 283 g/mol. The molecular formula is C15H23Br. The Labute approximate surface area is 109 Å². The van der Waals surface area contributed by atoms with Gasteiger partial charge < -0.3 is 0 Å². The Kier molecular flexibility index (Phi) is 4.61. The van der Waals surface area contributed by atoms with E-state index in [1.54, 1.807) is 0 Å². The molecular weight excluding hydrogens is 260 g/mol. The van der Waals surface area contributed by atoms with Crippen LogP contribution in [0.15, 0.2) is 18.2 Å². The van der Waals surface area contributed by atoms with Gasteiger partial charge in [-0.3, -0.25) is 0 Å². The summed E-state index contributed by atoms with van der Waals surface area (Å²) in [5, 5.41) is 1.07. The lowest BCUT2D eigenvalue weighted by molar-refractivity contribution is 0.266. The van der Waals surface area contributed by atoms with Gasteiger partial charge in [0.05, 0.1) is 0 Å². The van der Waals surface area contributed by atoms with Gasteiger partial charge in [-0.2, -0.15) is 0 Å². The van der Waals surface area contributed by atoms with Crippen molar-refractivity contribution in [3.05, 3.63) is 34.9 Å². The van der Waals surface area contributed by atoms with E-state index in [1.807, 2.05) is 0 Å². The molecule has 1 atom stereocenters. The lowest BCUT2D eigenvalue weighted by Gasteiger charge is -2.29. The molecule has 0 aliphatic carbocycles. The molecule has 0 radical (unpaired) electrons. The fourth-order valence-electron chi connectivity index (χ4n) is 1.88. The third-order valence-electron chi connectivity index (χ3n) is 3.38. The number of aryl methyl sites for hydroxylation is 2. The molecule has 0 nitrogen and oxygen atoms in total. The Hall–Kier alpha value is -0.300. The van der Waals surface area contributed by atoms with Gasteiger partial charge in [0.2, 0.25) is 0 Å². The summed E-state index contributed by atoms with van der Waals surface area (Å²) >= 11 is 3.65. The van der Waals surface area contributed by atoms with Crippen molar-refractivity contribution < 1.29 is 0 Å². The molecule has 0 spiro atoms. The lowest BCUT2D eigenvalue weighted by Crippen LogP contribution is -2.24. The van der Waals surface area contributed by atoms with Crippen LogP contribution < -0.4 is 0 Å². The number of hydrogen-bond donors (Lipinski definition) is 0. The van der Waals surface area contributed by atoms with Gasteiger partial charge in [-0.1, -0.05) is 60.5 Å². The highest BCUT2D eigenvalue weighted by molar-refractivity contribution is 9.09. The van der Waals surface area contributed by atoms with E-state index in [4.69, 9.17) is 0 Å². The molecule has 0 aromatic heterocycles.